The fourth-order valence-electron chi connectivity index (χ4n) is 5.13. The minimum Gasteiger partial charge on any atom is -0.382 e. The third kappa shape index (κ3) is 3.61. The van der Waals surface area contributed by atoms with Crippen LogP contribution in [0, 0.1) is 11.3 Å². The Kier molecular flexibility index (Phi) is 4.78. The second-order valence-electron chi connectivity index (χ2n) is 9.15. The van der Waals surface area contributed by atoms with Gasteiger partial charge in [-0.2, -0.15) is 5.26 Å². The molecule has 3 N–H and O–H groups in total. The molecule has 164 valence electrons. The van der Waals surface area contributed by atoms with Crippen LogP contribution in [0.1, 0.15) is 36.8 Å². The average molecular weight is 435 g/mol. The molecule has 1 aliphatic carbocycles. The molecule has 3 heterocycles. The summed E-state index contributed by atoms with van der Waals surface area (Å²) in [6, 6.07) is 19.6. The molecule has 0 radical (unpaired) electrons. The van der Waals surface area contributed by atoms with Gasteiger partial charge >= 0.3 is 0 Å². The lowest BCUT2D eigenvalue weighted by atomic mass is 9.91. The van der Waals surface area contributed by atoms with Crippen LogP contribution in [0.25, 0.3) is 28.3 Å². The fourth-order valence-corrected chi connectivity index (χ4v) is 5.13. The molecule has 4 aromatic rings. The monoisotopic (exact) mass is 434 g/mol. The molecule has 0 unspecified atom stereocenters. The van der Waals surface area contributed by atoms with E-state index in [1.807, 2.05) is 36.7 Å². The summed E-state index contributed by atoms with van der Waals surface area (Å²) in [5.41, 5.74) is 13.7. The van der Waals surface area contributed by atoms with Gasteiger partial charge in [-0.3, -0.25) is 4.57 Å². The molecule has 2 aliphatic rings. The number of aromatic nitrogens is 3. The minimum atomic E-state index is 0.354. The number of hydrogen-bond donors (Lipinski definition) is 2. The number of benzene rings is 2. The maximum Gasteiger partial charge on any atom is 0.161 e. The van der Waals surface area contributed by atoms with Crippen molar-refractivity contribution < 1.29 is 0 Å². The standard InChI is InChI=1S/C27H26N6/c28-15-18-1-3-19(4-2-18)20-14-26-27-30-11-12-33(27)25-10-9-24(13-21(25)17-32(26)16-20)31-23-7-5-22(29)6-8-23/h1-4,9-14,16,22-23,31H,5-8,17,29H2. The first-order valence-corrected chi connectivity index (χ1v) is 11.6. The van der Waals surface area contributed by atoms with Crippen molar-refractivity contribution in [1.29, 1.82) is 5.26 Å². The molecule has 0 bridgehead atoms. The number of rotatable bonds is 3. The summed E-state index contributed by atoms with van der Waals surface area (Å²) in [6.07, 6.45) is 10.5. The number of imidazole rings is 1. The van der Waals surface area contributed by atoms with Crippen molar-refractivity contribution in [3.63, 3.8) is 0 Å². The Hall–Kier alpha value is -3.82. The molecule has 0 amide bonds. The second kappa shape index (κ2) is 7.95. The number of nitriles is 1. The molecule has 6 nitrogen and oxygen atoms in total. The van der Waals surface area contributed by atoms with Crippen LogP contribution in [0.5, 0.6) is 0 Å². The van der Waals surface area contributed by atoms with Crippen LogP contribution in [0.15, 0.2) is 67.1 Å². The van der Waals surface area contributed by atoms with Gasteiger partial charge in [-0.1, -0.05) is 12.1 Å². The normalized spacial score (nSPS) is 19.0. The number of nitrogens with one attached hydrogen (secondary N) is 1. The lowest BCUT2D eigenvalue weighted by molar-refractivity contribution is 0.411. The van der Waals surface area contributed by atoms with Crippen molar-refractivity contribution in [2.24, 2.45) is 5.73 Å². The van der Waals surface area contributed by atoms with Crippen LogP contribution in [0.3, 0.4) is 0 Å². The van der Waals surface area contributed by atoms with Gasteiger partial charge in [0.05, 0.1) is 23.0 Å². The van der Waals surface area contributed by atoms with Crippen molar-refractivity contribution in [1.82, 2.24) is 14.1 Å². The van der Waals surface area contributed by atoms with Gasteiger partial charge in [0.15, 0.2) is 5.82 Å². The summed E-state index contributed by atoms with van der Waals surface area (Å²) in [4.78, 5) is 4.69. The first-order chi connectivity index (χ1) is 16.2. The van der Waals surface area contributed by atoms with Gasteiger partial charge < -0.3 is 15.6 Å². The molecule has 1 fully saturated rings. The number of hydrogen-bond acceptors (Lipinski definition) is 4. The van der Waals surface area contributed by atoms with Gasteiger partial charge in [0.1, 0.15) is 0 Å². The third-order valence-electron chi connectivity index (χ3n) is 6.94. The highest BCUT2D eigenvalue weighted by Crippen LogP contribution is 2.35. The SMILES string of the molecule is N#Cc1ccc(-c2cc3n(c2)Cc2cc(NC4CCC(N)CC4)ccc2-n2ccnc2-3)cc1. The highest BCUT2D eigenvalue weighted by Gasteiger charge is 2.23. The van der Waals surface area contributed by atoms with Gasteiger partial charge in [0.25, 0.3) is 0 Å². The zero-order valence-electron chi connectivity index (χ0n) is 18.4. The highest BCUT2D eigenvalue weighted by atomic mass is 15.1. The molecular weight excluding hydrogens is 408 g/mol. The van der Waals surface area contributed by atoms with Crippen LogP contribution in [-0.2, 0) is 6.54 Å². The molecule has 33 heavy (non-hydrogen) atoms. The average Bonchev–Trinajstić information content (AvgIpc) is 3.46. The van der Waals surface area contributed by atoms with E-state index < -0.39 is 0 Å². The first-order valence-electron chi connectivity index (χ1n) is 11.6. The van der Waals surface area contributed by atoms with Crippen molar-refractivity contribution in [2.75, 3.05) is 5.32 Å². The maximum atomic E-state index is 9.10. The maximum absolute atomic E-state index is 9.10. The molecule has 1 saturated carbocycles. The Morgan fingerprint density at radius 2 is 1.82 bits per heavy atom. The zero-order chi connectivity index (χ0) is 22.4. The predicted molar refractivity (Wildman–Crippen MR) is 130 cm³/mol. The summed E-state index contributed by atoms with van der Waals surface area (Å²) < 4.78 is 4.46. The van der Waals surface area contributed by atoms with Crippen molar-refractivity contribution in [2.45, 2.75) is 44.3 Å². The topological polar surface area (TPSA) is 84.6 Å². The van der Waals surface area contributed by atoms with Gasteiger partial charge in [0, 0.05) is 48.5 Å². The number of nitrogens with zero attached hydrogens (tertiary/aromatic N) is 4. The summed E-state index contributed by atoms with van der Waals surface area (Å²) in [6.45, 7) is 0.773. The van der Waals surface area contributed by atoms with Crippen LogP contribution in [0.2, 0.25) is 0 Å². The Balaban J connectivity index is 1.36. The van der Waals surface area contributed by atoms with Crippen LogP contribution >= 0.6 is 0 Å². The lowest BCUT2D eigenvalue weighted by Gasteiger charge is -2.28. The van der Waals surface area contributed by atoms with E-state index in [0.717, 1.165) is 54.9 Å². The smallest absolute Gasteiger partial charge is 0.161 e. The minimum absolute atomic E-state index is 0.354. The molecule has 0 saturated heterocycles. The Bertz CT molecular complexity index is 1350. The molecule has 0 atom stereocenters. The first kappa shape index (κ1) is 19.8. The largest absolute Gasteiger partial charge is 0.382 e. The van der Waals surface area contributed by atoms with Gasteiger partial charge in [-0.05, 0) is 73.2 Å². The van der Waals surface area contributed by atoms with Crippen LogP contribution in [0.4, 0.5) is 5.69 Å². The van der Waals surface area contributed by atoms with E-state index in [9.17, 15) is 0 Å². The van der Waals surface area contributed by atoms with E-state index in [2.05, 4.69) is 56.0 Å². The summed E-state index contributed by atoms with van der Waals surface area (Å²) in [5, 5.41) is 12.8. The van der Waals surface area contributed by atoms with E-state index in [-0.39, 0.29) is 0 Å². The van der Waals surface area contributed by atoms with Crippen molar-refractivity contribution in [3.8, 4) is 34.4 Å². The fraction of sp³-hybridized carbons (Fsp3) is 0.259. The molecular formula is C27H26N6. The molecule has 2 aromatic carbocycles. The number of anilines is 1. The third-order valence-corrected chi connectivity index (χ3v) is 6.94. The zero-order valence-corrected chi connectivity index (χ0v) is 18.4. The predicted octanol–water partition coefficient (Wildman–Crippen LogP) is 4.92. The lowest BCUT2D eigenvalue weighted by Crippen LogP contribution is -2.32. The molecule has 6 rings (SSSR count). The molecule has 0 spiro atoms. The Labute approximate surface area is 193 Å². The van der Waals surface area contributed by atoms with E-state index >= 15 is 0 Å². The van der Waals surface area contributed by atoms with E-state index in [0.29, 0.717) is 17.6 Å². The van der Waals surface area contributed by atoms with Crippen molar-refractivity contribution in [3.05, 3.63) is 78.2 Å². The molecule has 1 aliphatic heterocycles. The number of nitrogens with two attached hydrogens (primary N) is 1. The van der Waals surface area contributed by atoms with E-state index in [1.54, 1.807) is 0 Å². The molecule has 2 aromatic heterocycles. The van der Waals surface area contributed by atoms with E-state index in [1.165, 1.54) is 16.9 Å². The summed E-state index contributed by atoms with van der Waals surface area (Å²) in [5.74, 6) is 0.940. The highest BCUT2D eigenvalue weighted by molar-refractivity contribution is 5.72. The molecule has 6 heteroatoms. The van der Waals surface area contributed by atoms with Gasteiger partial charge in [0.2, 0.25) is 0 Å². The van der Waals surface area contributed by atoms with Crippen molar-refractivity contribution >= 4 is 5.69 Å². The van der Waals surface area contributed by atoms with Gasteiger partial charge in [-0.25, -0.2) is 4.98 Å². The Morgan fingerprint density at radius 1 is 1.00 bits per heavy atom. The quantitative estimate of drug-likeness (QED) is 0.422. The van der Waals surface area contributed by atoms with E-state index in [4.69, 9.17) is 11.0 Å². The van der Waals surface area contributed by atoms with Crippen LogP contribution in [-0.4, -0.2) is 26.2 Å². The second-order valence-corrected chi connectivity index (χ2v) is 9.15. The Morgan fingerprint density at radius 3 is 2.61 bits per heavy atom. The summed E-state index contributed by atoms with van der Waals surface area (Å²) in [7, 11) is 0. The van der Waals surface area contributed by atoms with Gasteiger partial charge in [-0.15, -0.1) is 0 Å². The summed E-state index contributed by atoms with van der Waals surface area (Å²) >= 11 is 0. The van der Waals surface area contributed by atoms with Crippen LogP contribution < -0.4 is 11.1 Å². The number of fused-ring (bicyclic) bond motifs is 5.